The quantitative estimate of drug-likeness (QED) is 0.314. The zero-order valence-corrected chi connectivity index (χ0v) is 19.5. The normalized spacial score (nSPS) is 12.5. The summed E-state index contributed by atoms with van der Waals surface area (Å²) in [5.74, 6) is 0.704. The van der Waals surface area contributed by atoms with Gasteiger partial charge in [0.25, 0.3) is 0 Å². The molecule has 35 heavy (non-hydrogen) atoms. The van der Waals surface area contributed by atoms with Gasteiger partial charge < -0.3 is 14.6 Å². The molecule has 0 fully saturated rings. The first-order valence-electron chi connectivity index (χ1n) is 10.9. The zero-order valence-electron chi connectivity index (χ0n) is 18.6. The molecular weight excluding hydrogens is 477 g/mol. The van der Waals surface area contributed by atoms with E-state index >= 15 is 0 Å². The van der Waals surface area contributed by atoms with Crippen molar-refractivity contribution in [1.82, 2.24) is 19.9 Å². The van der Waals surface area contributed by atoms with Crippen LogP contribution in [0.25, 0.3) is 11.2 Å². The molecule has 4 aromatic rings. The number of nitrogens with zero attached hydrogens (tertiary/aromatic N) is 3. The highest BCUT2D eigenvalue weighted by Gasteiger charge is 2.31. The van der Waals surface area contributed by atoms with Crippen molar-refractivity contribution in [3.05, 3.63) is 89.9 Å². The average Bonchev–Trinajstić information content (AvgIpc) is 3.19. The summed E-state index contributed by atoms with van der Waals surface area (Å²) in [5.41, 5.74) is 3.04. The summed E-state index contributed by atoms with van der Waals surface area (Å²) in [7, 11) is 0. The molecule has 0 spiro atoms. The van der Waals surface area contributed by atoms with E-state index in [-0.39, 0.29) is 24.1 Å². The number of benzene rings is 2. The lowest BCUT2D eigenvalue weighted by Gasteiger charge is -2.17. The third-order valence-corrected chi connectivity index (χ3v) is 5.74. The van der Waals surface area contributed by atoms with Crippen LogP contribution in [0.15, 0.2) is 72.9 Å². The zero-order chi connectivity index (χ0) is 24.8. The van der Waals surface area contributed by atoms with Gasteiger partial charge in [-0.2, -0.15) is 12.6 Å². The number of nitrogens with one attached hydrogen (secondary N) is 1. The second kappa shape index (κ2) is 10.8. The van der Waals surface area contributed by atoms with Crippen LogP contribution in [-0.4, -0.2) is 32.6 Å². The molecule has 0 radical (unpaired) electrons. The maximum Gasteiger partial charge on any atom is 0.573 e. The molecular formula is C25H23F3N4O2S. The highest BCUT2D eigenvalue weighted by Crippen LogP contribution is 2.24. The van der Waals surface area contributed by atoms with Crippen molar-refractivity contribution in [2.75, 3.05) is 5.75 Å². The van der Waals surface area contributed by atoms with Crippen LogP contribution < -0.4 is 10.1 Å². The molecule has 0 saturated heterocycles. The molecule has 182 valence electrons. The number of fused-ring (bicyclic) bond motifs is 1. The molecule has 0 bridgehead atoms. The van der Waals surface area contributed by atoms with E-state index in [0.29, 0.717) is 35.7 Å². The number of thiol groups is 1. The van der Waals surface area contributed by atoms with Gasteiger partial charge in [-0.3, -0.25) is 4.79 Å². The van der Waals surface area contributed by atoms with Gasteiger partial charge >= 0.3 is 6.36 Å². The topological polar surface area (TPSA) is 69.0 Å². The summed E-state index contributed by atoms with van der Waals surface area (Å²) in [5, 5.41) is 3.01. The Labute approximate surface area is 205 Å². The number of rotatable bonds is 9. The average molecular weight is 501 g/mol. The molecule has 2 aromatic carbocycles. The van der Waals surface area contributed by atoms with Gasteiger partial charge in [0.15, 0.2) is 5.65 Å². The third-order valence-electron chi connectivity index (χ3n) is 5.38. The van der Waals surface area contributed by atoms with Crippen molar-refractivity contribution in [1.29, 1.82) is 0 Å². The molecule has 0 aliphatic carbocycles. The Morgan fingerprint density at radius 3 is 2.49 bits per heavy atom. The summed E-state index contributed by atoms with van der Waals surface area (Å²) >= 11 is 4.36. The molecule has 6 nitrogen and oxygen atoms in total. The Hall–Kier alpha value is -3.53. The van der Waals surface area contributed by atoms with Gasteiger partial charge in [0.05, 0.1) is 12.6 Å². The van der Waals surface area contributed by atoms with E-state index in [1.807, 2.05) is 41.0 Å². The molecule has 0 aliphatic rings. The number of aryl methyl sites for hydroxylation is 1. The second-order valence-corrected chi connectivity index (χ2v) is 8.23. The highest BCUT2D eigenvalue weighted by atomic mass is 32.1. The Bertz CT molecular complexity index is 1280. The number of aromatic nitrogens is 3. The third kappa shape index (κ3) is 6.54. The molecule has 10 heteroatoms. The number of alkyl halides is 3. The van der Waals surface area contributed by atoms with Crippen LogP contribution in [0.5, 0.6) is 5.75 Å². The first-order valence-corrected chi connectivity index (χ1v) is 11.6. The van der Waals surface area contributed by atoms with E-state index in [1.54, 1.807) is 24.4 Å². The maximum absolute atomic E-state index is 12.7. The molecule has 1 amide bonds. The van der Waals surface area contributed by atoms with E-state index in [4.69, 9.17) is 0 Å². The van der Waals surface area contributed by atoms with Crippen LogP contribution in [0.1, 0.15) is 29.4 Å². The van der Waals surface area contributed by atoms with Crippen molar-refractivity contribution in [2.24, 2.45) is 0 Å². The summed E-state index contributed by atoms with van der Waals surface area (Å²) < 4.78 is 43.1. The van der Waals surface area contributed by atoms with Crippen LogP contribution in [0, 0.1) is 0 Å². The van der Waals surface area contributed by atoms with E-state index in [9.17, 15) is 18.0 Å². The fourth-order valence-corrected chi connectivity index (χ4v) is 4.06. The van der Waals surface area contributed by atoms with E-state index in [0.717, 1.165) is 11.1 Å². The summed E-state index contributed by atoms with van der Waals surface area (Å²) in [4.78, 5) is 21.7. The molecule has 1 atom stereocenters. The van der Waals surface area contributed by atoms with E-state index in [1.165, 1.54) is 12.1 Å². The monoisotopic (exact) mass is 500 g/mol. The molecule has 1 N–H and O–H groups in total. The highest BCUT2D eigenvalue weighted by molar-refractivity contribution is 7.80. The SMILES string of the molecule is O=C(CCc1nc2cccnc2n1Cc1ccc(OC(F)(F)F)cc1)N[C@@H](CS)c1ccccc1. The van der Waals surface area contributed by atoms with Crippen molar-refractivity contribution < 1.29 is 22.7 Å². The van der Waals surface area contributed by atoms with Crippen LogP contribution in [0.2, 0.25) is 0 Å². The molecule has 4 rings (SSSR count). The lowest BCUT2D eigenvalue weighted by atomic mass is 10.1. The van der Waals surface area contributed by atoms with Gasteiger partial charge in [-0.05, 0) is 35.4 Å². The number of halogens is 3. The van der Waals surface area contributed by atoms with Crippen LogP contribution >= 0.6 is 12.6 Å². The summed E-state index contributed by atoms with van der Waals surface area (Å²) in [6.45, 7) is 0.333. The van der Waals surface area contributed by atoms with Gasteiger partial charge in [-0.15, -0.1) is 13.2 Å². The minimum absolute atomic E-state index is 0.131. The first kappa shape index (κ1) is 24.6. The number of pyridine rings is 1. The minimum atomic E-state index is -4.74. The van der Waals surface area contributed by atoms with Gasteiger partial charge in [0.2, 0.25) is 5.91 Å². The van der Waals surface area contributed by atoms with Crippen molar-refractivity contribution >= 4 is 29.7 Å². The Balaban J connectivity index is 1.48. The number of amides is 1. The number of hydrogen-bond acceptors (Lipinski definition) is 5. The molecule has 0 saturated carbocycles. The predicted octanol–water partition coefficient (Wildman–Crippen LogP) is 5.10. The fraction of sp³-hybridized carbons (Fsp3) is 0.240. The van der Waals surface area contributed by atoms with Crippen molar-refractivity contribution in [2.45, 2.75) is 31.8 Å². The number of hydrogen-bond donors (Lipinski definition) is 2. The van der Waals surface area contributed by atoms with E-state index in [2.05, 4.69) is 32.7 Å². The van der Waals surface area contributed by atoms with Gasteiger partial charge in [0.1, 0.15) is 17.1 Å². The van der Waals surface area contributed by atoms with Crippen molar-refractivity contribution in [3.63, 3.8) is 0 Å². The number of carbonyl (C=O) groups excluding carboxylic acids is 1. The Morgan fingerprint density at radius 2 is 1.80 bits per heavy atom. The first-order chi connectivity index (χ1) is 16.8. The lowest BCUT2D eigenvalue weighted by molar-refractivity contribution is -0.274. The van der Waals surface area contributed by atoms with Gasteiger partial charge in [-0.25, -0.2) is 9.97 Å². The molecule has 2 heterocycles. The number of ether oxygens (including phenoxy) is 1. The van der Waals surface area contributed by atoms with Crippen LogP contribution in [0.3, 0.4) is 0 Å². The smallest absolute Gasteiger partial charge is 0.406 e. The number of imidazole rings is 1. The Morgan fingerprint density at radius 1 is 1.06 bits per heavy atom. The summed E-state index contributed by atoms with van der Waals surface area (Å²) in [6.07, 6.45) is -2.52. The minimum Gasteiger partial charge on any atom is -0.406 e. The summed E-state index contributed by atoms with van der Waals surface area (Å²) in [6, 6.07) is 18.7. The lowest BCUT2D eigenvalue weighted by Crippen LogP contribution is -2.30. The molecule has 0 aliphatic heterocycles. The number of carbonyl (C=O) groups is 1. The van der Waals surface area contributed by atoms with Crippen LogP contribution in [-0.2, 0) is 17.8 Å². The van der Waals surface area contributed by atoms with Crippen LogP contribution in [0.4, 0.5) is 13.2 Å². The second-order valence-electron chi connectivity index (χ2n) is 7.87. The molecule has 0 unspecified atom stereocenters. The molecule has 2 aromatic heterocycles. The largest absolute Gasteiger partial charge is 0.573 e. The maximum atomic E-state index is 12.7. The standard InChI is InChI=1S/C25H23F3N4O2S/c26-25(27,28)34-19-10-8-17(9-11-19)15-32-22(30-20-7-4-14-29-24(20)32)12-13-23(33)31-21(16-35)18-5-2-1-3-6-18/h1-11,14,21,35H,12-13,15-16H2,(H,31,33)/t21-/m0/s1. The predicted molar refractivity (Wildman–Crippen MR) is 129 cm³/mol. The van der Waals surface area contributed by atoms with Gasteiger partial charge in [0, 0.05) is 24.8 Å². The van der Waals surface area contributed by atoms with Crippen molar-refractivity contribution in [3.8, 4) is 5.75 Å². The fourth-order valence-electron chi connectivity index (χ4n) is 3.75. The van der Waals surface area contributed by atoms with E-state index < -0.39 is 6.36 Å². The van der Waals surface area contributed by atoms with Gasteiger partial charge in [-0.1, -0.05) is 42.5 Å². The Kier molecular flexibility index (Phi) is 7.60.